The van der Waals surface area contributed by atoms with Gasteiger partial charge in [0.25, 0.3) is 0 Å². The second kappa shape index (κ2) is 13.4. The van der Waals surface area contributed by atoms with Gasteiger partial charge in [-0.2, -0.15) is 0 Å². The van der Waals surface area contributed by atoms with E-state index in [0.29, 0.717) is 11.3 Å². The van der Waals surface area contributed by atoms with E-state index in [1.165, 1.54) is 29.7 Å². The van der Waals surface area contributed by atoms with Crippen LogP contribution in [0.2, 0.25) is 0 Å². The number of aromatic nitrogens is 3. The summed E-state index contributed by atoms with van der Waals surface area (Å²) in [7, 11) is -4.02. The van der Waals surface area contributed by atoms with E-state index in [9.17, 15) is 23.1 Å². The van der Waals surface area contributed by atoms with Crippen LogP contribution in [-0.4, -0.2) is 52.2 Å². The van der Waals surface area contributed by atoms with Crippen molar-refractivity contribution in [1.82, 2.24) is 20.3 Å². The molecule has 3 heterocycles. The Morgan fingerprint density at radius 2 is 1.67 bits per heavy atom. The van der Waals surface area contributed by atoms with Crippen LogP contribution in [0.5, 0.6) is 0 Å². The first-order chi connectivity index (χ1) is 21.1. The minimum Gasteiger partial charge on any atom is -0.480 e. The first kappa shape index (κ1) is 33.7. The third-order valence-electron chi connectivity index (χ3n) is 6.54. The van der Waals surface area contributed by atoms with E-state index in [4.69, 9.17) is 4.74 Å². The van der Waals surface area contributed by atoms with Gasteiger partial charge in [-0.3, -0.25) is 5.32 Å². The molecule has 1 amide bonds. The molecule has 0 bridgehead atoms. The molecule has 0 saturated heterocycles. The first-order valence-corrected chi connectivity index (χ1v) is 16.6. The Labute approximate surface area is 267 Å². The standard InChI is InChI=1S/C32H37N5O6S2/c1-31(2,3)26(29(38)39)37(30(40)43-32(4,5)6)24-11-9-10-23(36-24)20-35-28(45(41,42)25-12-7-8-17-33-25)22-15-13-21(14-16-22)27-34-18-19-44-27/h7-19,26,28,35H,20H2,1-6H3,(H,38,39). The molecule has 2 unspecified atom stereocenters. The molecule has 45 heavy (non-hydrogen) atoms. The zero-order valence-corrected chi connectivity index (χ0v) is 27.6. The number of benzene rings is 1. The number of nitrogens with one attached hydrogen (secondary N) is 1. The molecule has 238 valence electrons. The maximum absolute atomic E-state index is 13.8. The fourth-order valence-electron chi connectivity index (χ4n) is 4.62. The number of thiazole rings is 1. The number of nitrogens with zero attached hydrogens (tertiary/aromatic N) is 4. The van der Waals surface area contributed by atoms with Crippen molar-refractivity contribution in [2.45, 2.75) is 70.1 Å². The lowest BCUT2D eigenvalue weighted by Gasteiger charge is -2.37. The molecular weight excluding hydrogens is 615 g/mol. The average molecular weight is 652 g/mol. The average Bonchev–Trinajstić information content (AvgIpc) is 3.50. The Morgan fingerprint density at radius 1 is 0.956 bits per heavy atom. The molecular formula is C32H37N5O6S2. The van der Waals surface area contributed by atoms with Gasteiger partial charge in [-0.25, -0.2) is 37.9 Å². The molecule has 4 aromatic rings. The molecule has 0 radical (unpaired) electrons. The highest BCUT2D eigenvalue weighted by Gasteiger charge is 2.42. The molecule has 0 aliphatic carbocycles. The zero-order chi connectivity index (χ0) is 33.0. The van der Waals surface area contributed by atoms with Gasteiger partial charge in [-0.05, 0) is 56.0 Å². The highest BCUT2D eigenvalue weighted by atomic mass is 32.2. The number of ether oxygens (including phenoxy) is 1. The summed E-state index contributed by atoms with van der Waals surface area (Å²) >= 11 is 1.48. The number of hydrogen-bond donors (Lipinski definition) is 2. The number of amides is 1. The number of hydrogen-bond acceptors (Lipinski definition) is 10. The second-order valence-electron chi connectivity index (χ2n) is 12.4. The van der Waals surface area contributed by atoms with Gasteiger partial charge in [0, 0.05) is 29.9 Å². The molecule has 0 aliphatic heterocycles. The minimum atomic E-state index is -4.02. The van der Waals surface area contributed by atoms with Crippen molar-refractivity contribution >= 4 is 39.1 Å². The highest BCUT2D eigenvalue weighted by Crippen LogP contribution is 2.32. The smallest absolute Gasteiger partial charge is 0.416 e. The van der Waals surface area contributed by atoms with Crippen LogP contribution in [0.1, 0.15) is 58.2 Å². The Morgan fingerprint density at radius 3 is 2.22 bits per heavy atom. The number of aliphatic carboxylic acids is 1. The predicted molar refractivity (Wildman–Crippen MR) is 172 cm³/mol. The SMILES string of the molecule is CC(C)(C)OC(=O)N(c1cccc(CNC(c2ccc(-c3nccs3)cc2)S(=O)(=O)c2ccccn2)n1)C(C(=O)O)C(C)(C)C. The number of rotatable bonds is 10. The van der Waals surface area contributed by atoms with E-state index >= 15 is 0 Å². The van der Waals surface area contributed by atoms with Crippen molar-refractivity contribution in [3.8, 4) is 10.6 Å². The van der Waals surface area contributed by atoms with Gasteiger partial charge in [0.05, 0.1) is 5.69 Å². The number of sulfone groups is 1. The van der Waals surface area contributed by atoms with Crippen LogP contribution >= 0.6 is 11.3 Å². The van der Waals surface area contributed by atoms with E-state index in [1.807, 2.05) is 17.5 Å². The van der Waals surface area contributed by atoms with E-state index in [2.05, 4.69) is 20.3 Å². The molecule has 0 spiro atoms. The molecule has 3 aromatic heterocycles. The van der Waals surface area contributed by atoms with E-state index < -0.39 is 44.3 Å². The maximum Gasteiger partial charge on any atom is 0.416 e. The van der Waals surface area contributed by atoms with Crippen molar-refractivity contribution in [1.29, 1.82) is 0 Å². The van der Waals surface area contributed by atoms with Crippen molar-refractivity contribution in [2.75, 3.05) is 4.90 Å². The Kier molecular flexibility index (Phi) is 10.1. The summed E-state index contributed by atoms with van der Waals surface area (Å²) in [6.07, 6.45) is 2.26. The molecule has 2 N–H and O–H groups in total. The summed E-state index contributed by atoms with van der Waals surface area (Å²) in [6.45, 7) is 10.2. The second-order valence-corrected chi connectivity index (χ2v) is 15.3. The predicted octanol–water partition coefficient (Wildman–Crippen LogP) is 6.10. The molecule has 0 saturated carbocycles. The van der Waals surface area contributed by atoms with Gasteiger partial charge >= 0.3 is 12.1 Å². The van der Waals surface area contributed by atoms with Crippen molar-refractivity contribution in [2.24, 2.45) is 5.41 Å². The van der Waals surface area contributed by atoms with Crippen LogP contribution in [0, 0.1) is 5.41 Å². The van der Waals surface area contributed by atoms with Gasteiger partial charge in [-0.15, -0.1) is 11.3 Å². The lowest BCUT2D eigenvalue weighted by atomic mass is 9.85. The lowest BCUT2D eigenvalue weighted by molar-refractivity contribution is -0.141. The number of carboxylic acids is 1. The molecule has 2 atom stereocenters. The zero-order valence-electron chi connectivity index (χ0n) is 26.0. The summed E-state index contributed by atoms with van der Waals surface area (Å²) in [6, 6.07) is 15.3. The van der Waals surface area contributed by atoms with Crippen molar-refractivity contribution in [3.63, 3.8) is 0 Å². The van der Waals surface area contributed by atoms with Crippen LogP contribution < -0.4 is 10.2 Å². The Bertz CT molecular complexity index is 1720. The van der Waals surface area contributed by atoms with Crippen molar-refractivity contribution < 1.29 is 27.9 Å². The largest absolute Gasteiger partial charge is 0.480 e. The summed E-state index contributed by atoms with van der Waals surface area (Å²) < 4.78 is 33.3. The third-order valence-corrected chi connectivity index (χ3v) is 9.25. The number of carbonyl (C=O) groups is 2. The summed E-state index contributed by atoms with van der Waals surface area (Å²) in [5.41, 5.74) is -0.0693. The molecule has 0 fully saturated rings. The first-order valence-electron chi connectivity index (χ1n) is 14.2. The summed E-state index contributed by atoms with van der Waals surface area (Å²) in [5.74, 6) is -1.16. The van der Waals surface area contributed by atoms with E-state index in [1.54, 1.807) is 84.1 Å². The van der Waals surface area contributed by atoms with Gasteiger partial charge in [0.2, 0.25) is 9.84 Å². The minimum absolute atomic E-state index is 0.0335. The number of carbonyl (C=O) groups excluding carboxylic acids is 1. The van der Waals surface area contributed by atoms with Crippen LogP contribution in [0.25, 0.3) is 10.6 Å². The maximum atomic E-state index is 13.8. The van der Waals surface area contributed by atoms with Gasteiger partial charge in [0.15, 0.2) is 5.03 Å². The van der Waals surface area contributed by atoms with Crippen molar-refractivity contribution in [3.05, 3.63) is 89.7 Å². The third kappa shape index (κ3) is 8.29. The highest BCUT2D eigenvalue weighted by molar-refractivity contribution is 7.91. The van der Waals surface area contributed by atoms with Gasteiger partial charge in [0.1, 0.15) is 27.8 Å². The van der Waals surface area contributed by atoms with Crippen LogP contribution in [-0.2, 0) is 25.9 Å². The number of anilines is 1. The van der Waals surface area contributed by atoms with E-state index in [0.717, 1.165) is 15.5 Å². The summed E-state index contributed by atoms with van der Waals surface area (Å²) in [5, 5.41) is 14.7. The molecule has 0 aliphatic rings. The molecule has 11 nitrogen and oxygen atoms in total. The van der Waals surface area contributed by atoms with Gasteiger partial charge in [-0.1, -0.05) is 57.2 Å². The quantitative estimate of drug-likeness (QED) is 0.206. The molecule has 1 aromatic carbocycles. The monoisotopic (exact) mass is 651 g/mol. The van der Waals surface area contributed by atoms with Crippen LogP contribution in [0.4, 0.5) is 10.6 Å². The molecule has 13 heteroatoms. The number of pyridine rings is 2. The Balaban J connectivity index is 1.70. The Hall–Kier alpha value is -4.20. The normalized spacial score (nSPS) is 13.6. The topological polar surface area (TPSA) is 152 Å². The fraction of sp³-hybridized carbons (Fsp3) is 0.344. The van der Waals surface area contributed by atoms with Crippen LogP contribution in [0.3, 0.4) is 0 Å². The summed E-state index contributed by atoms with van der Waals surface area (Å²) in [4.78, 5) is 39.9. The van der Waals surface area contributed by atoms with E-state index in [-0.39, 0.29) is 17.4 Å². The van der Waals surface area contributed by atoms with Crippen LogP contribution in [0.15, 0.2) is 83.5 Å². The fourth-order valence-corrected chi connectivity index (χ4v) is 6.80. The lowest BCUT2D eigenvalue weighted by Crippen LogP contribution is -2.54. The molecule has 4 rings (SSSR count). The number of carboxylic acid groups (broad SMARTS) is 1. The van der Waals surface area contributed by atoms with Gasteiger partial charge < -0.3 is 9.84 Å².